The molecule has 1 aromatic rings. The van der Waals surface area contributed by atoms with Crippen molar-refractivity contribution >= 4 is 16.8 Å². The molecule has 92 valence electrons. The molecule has 2 rings (SSSR count). The van der Waals surface area contributed by atoms with Gasteiger partial charge in [0.25, 0.3) is 0 Å². The lowest BCUT2D eigenvalue weighted by molar-refractivity contribution is 0.349. The van der Waals surface area contributed by atoms with Crippen molar-refractivity contribution in [2.24, 2.45) is 10.9 Å². The Bertz CT molecular complexity index is 398. The Hall–Kier alpha value is -0.800. The maximum absolute atomic E-state index is 4.90. The van der Waals surface area contributed by atoms with Crippen LogP contribution in [0.1, 0.15) is 25.5 Å². The van der Waals surface area contributed by atoms with Gasteiger partial charge in [-0.05, 0) is 19.7 Å². The molecule has 0 amide bonds. The molecule has 0 aromatic heterocycles. The van der Waals surface area contributed by atoms with Gasteiger partial charge in [-0.15, -0.1) is 0 Å². The first-order valence-electron chi connectivity index (χ1n) is 6.05. The van der Waals surface area contributed by atoms with Gasteiger partial charge in [-0.1, -0.05) is 55.9 Å². The van der Waals surface area contributed by atoms with Crippen molar-refractivity contribution < 1.29 is 0 Å². The van der Waals surface area contributed by atoms with Crippen molar-refractivity contribution in [3.05, 3.63) is 35.9 Å². The normalized spacial score (nSPS) is 24.5. The van der Waals surface area contributed by atoms with Crippen LogP contribution in [0.3, 0.4) is 0 Å². The fraction of sp³-hybridized carbons (Fsp3) is 0.500. The molecule has 0 saturated carbocycles. The monoisotopic (exact) mass is 248 g/mol. The molecule has 0 bridgehead atoms. The molecule has 0 radical (unpaired) electrons. The van der Waals surface area contributed by atoms with Gasteiger partial charge in [0.2, 0.25) is 0 Å². The predicted molar refractivity (Wildman–Crippen MR) is 76.5 cm³/mol. The third kappa shape index (κ3) is 2.72. The van der Waals surface area contributed by atoms with Gasteiger partial charge in [-0.3, -0.25) is 9.89 Å². The number of hydrogen-bond donors (Lipinski definition) is 0. The van der Waals surface area contributed by atoms with Crippen LogP contribution in [0.5, 0.6) is 0 Å². The molecular formula is C14H20N2S. The third-order valence-electron chi connectivity index (χ3n) is 2.92. The summed E-state index contributed by atoms with van der Waals surface area (Å²) in [6.45, 7) is 4.43. The van der Waals surface area contributed by atoms with Crippen LogP contribution in [0.25, 0.3) is 0 Å². The molecule has 0 saturated heterocycles. The quantitative estimate of drug-likeness (QED) is 0.814. The van der Waals surface area contributed by atoms with Gasteiger partial charge in [-0.2, -0.15) is 0 Å². The standard InChI is InChI=1S/C14H20N2S/c1-10(2)13-15-12(14(17-13)16(3)4)11-8-6-5-7-9-11/h5-10,12,14H,1-4H3/t12-,14+/m0/s1. The summed E-state index contributed by atoms with van der Waals surface area (Å²) >= 11 is 1.91. The summed E-state index contributed by atoms with van der Waals surface area (Å²) in [5.74, 6) is 0.524. The topological polar surface area (TPSA) is 15.6 Å². The Morgan fingerprint density at radius 2 is 1.82 bits per heavy atom. The zero-order chi connectivity index (χ0) is 12.4. The van der Waals surface area contributed by atoms with Crippen LogP contribution in [-0.4, -0.2) is 29.4 Å². The van der Waals surface area contributed by atoms with Crippen LogP contribution in [0.15, 0.2) is 35.3 Å². The van der Waals surface area contributed by atoms with Crippen molar-refractivity contribution in [2.75, 3.05) is 14.1 Å². The molecule has 0 fully saturated rings. The first-order chi connectivity index (χ1) is 8.09. The zero-order valence-corrected chi connectivity index (χ0v) is 11.7. The Labute approximate surface area is 108 Å². The molecular weight excluding hydrogens is 228 g/mol. The van der Waals surface area contributed by atoms with E-state index in [1.165, 1.54) is 10.6 Å². The Kier molecular flexibility index (Phi) is 3.89. The van der Waals surface area contributed by atoms with Crippen LogP contribution < -0.4 is 0 Å². The van der Waals surface area contributed by atoms with Gasteiger partial charge in [0.1, 0.15) is 6.04 Å². The fourth-order valence-electron chi connectivity index (χ4n) is 1.98. The second kappa shape index (κ2) is 5.23. The van der Waals surface area contributed by atoms with E-state index in [1.54, 1.807) is 0 Å². The summed E-state index contributed by atoms with van der Waals surface area (Å²) in [5, 5.41) is 1.70. The summed E-state index contributed by atoms with van der Waals surface area (Å²) in [5.41, 5.74) is 1.31. The molecule has 17 heavy (non-hydrogen) atoms. The van der Waals surface area contributed by atoms with E-state index in [9.17, 15) is 0 Å². The summed E-state index contributed by atoms with van der Waals surface area (Å²) in [6.07, 6.45) is 0. The maximum Gasteiger partial charge on any atom is 0.101 e. The minimum Gasteiger partial charge on any atom is -0.295 e. The summed E-state index contributed by atoms with van der Waals surface area (Å²) < 4.78 is 0. The van der Waals surface area contributed by atoms with Gasteiger partial charge in [-0.25, -0.2) is 0 Å². The van der Waals surface area contributed by atoms with Crippen LogP contribution >= 0.6 is 11.8 Å². The first-order valence-corrected chi connectivity index (χ1v) is 6.93. The lowest BCUT2D eigenvalue weighted by Crippen LogP contribution is -2.28. The molecule has 0 N–H and O–H groups in total. The van der Waals surface area contributed by atoms with Crippen LogP contribution in [-0.2, 0) is 0 Å². The molecule has 3 heteroatoms. The lowest BCUT2D eigenvalue weighted by Gasteiger charge is -2.24. The van der Waals surface area contributed by atoms with Gasteiger partial charge in [0.15, 0.2) is 0 Å². The van der Waals surface area contributed by atoms with E-state index >= 15 is 0 Å². The van der Waals surface area contributed by atoms with E-state index in [2.05, 4.69) is 63.2 Å². The lowest BCUT2D eigenvalue weighted by atomic mass is 10.1. The van der Waals surface area contributed by atoms with E-state index in [0.29, 0.717) is 11.3 Å². The highest BCUT2D eigenvalue weighted by molar-refractivity contribution is 8.14. The molecule has 1 aliphatic heterocycles. The second-order valence-corrected chi connectivity index (χ2v) is 6.09. The molecule has 1 aromatic carbocycles. The smallest absolute Gasteiger partial charge is 0.101 e. The van der Waals surface area contributed by atoms with E-state index in [-0.39, 0.29) is 6.04 Å². The largest absolute Gasteiger partial charge is 0.295 e. The summed E-state index contributed by atoms with van der Waals surface area (Å²) in [4.78, 5) is 7.16. The molecule has 2 nitrogen and oxygen atoms in total. The molecule has 0 unspecified atom stereocenters. The number of thioether (sulfide) groups is 1. The van der Waals surface area contributed by atoms with Crippen molar-refractivity contribution in [1.82, 2.24) is 4.90 Å². The number of rotatable bonds is 3. The molecule has 0 aliphatic carbocycles. The van der Waals surface area contributed by atoms with Crippen LogP contribution in [0, 0.1) is 5.92 Å². The van der Waals surface area contributed by atoms with Crippen LogP contribution in [0.4, 0.5) is 0 Å². The summed E-state index contributed by atoms with van der Waals surface area (Å²) in [6, 6.07) is 10.9. The predicted octanol–water partition coefficient (Wildman–Crippen LogP) is 3.42. The highest BCUT2D eigenvalue weighted by Crippen LogP contribution is 2.40. The van der Waals surface area contributed by atoms with Crippen molar-refractivity contribution in [3.63, 3.8) is 0 Å². The maximum atomic E-state index is 4.90. The highest BCUT2D eigenvalue weighted by atomic mass is 32.2. The van der Waals surface area contributed by atoms with E-state index < -0.39 is 0 Å². The first kappa shape index (κ1) is 12.7. The van der Waals surface area contributed by atoms with Crippen molar-refractivity contribution in [3.8, 4) is 0 Å². The number of benzene rings is 1. The Morgan fingerprint density at radius 3 is 2.35 bits per heavy atom. The van der Waals surface area contributed by atoms with Gasteiger partial charge < -0.3 is 0 Å². The fourth-order valence-corrected chi connectivity index (χ4v) is 3.23. The molecule has 1 aliphatic rings. The van der Waals surface area contributed by atoms with Crippen molar-refractivity contribution in [2.45, 2.75) is 25.3 Å². The third-order valence-corrected chi connectivity index (χ3v) is 4.66. The number of aliphatic imine (C=N–C) groups is 1. The summed E-state index contributed by atoms with van der Waals surface area (Å²) in [7, 11) is 4.26. The zero-order valence-electron chi connectivity index (χ0n) is 10.9. The number of hydrogen-bond acceptors (Lipinski definition) is 3. The molecule has 0 spiro atoms. The average molecular weight is 248 g/mol. The van der Waals surface area contributed by atoms with E-state index in [4.69, 9.17) is 4.99 Å². The van der Waals surface area contributed by atoms with E-state index in [1.807, 2.05) is 11.8 Å². The Morgan fingerprint density at radius 1 is 1.18 bits per heavy atom. The highest BCUT2D eigenvalue weighted by Gasteiger charge is 2.33. The van der Waals surface area contributed by atoms with Gasteiger partial charge >= 0.3 is 0 Å². The molecule has 1 heterocycles. The number of nitrogens with zero attached hydrogens (tertiary/aromatic N) is 2. The van der Waals surface area contributed by atoms with Crippen molar-refractivity contribution in [1.29, 1.82) is 0 Å². The number of likely N-dealkylation sites (N-methyl/N-ethyl adjacent to an activating group) is 1. The van der Waals surface area contributed by atoms with Gasteiger partial charge in [0.05, 0.1) is 10.4 Å². The SMILES string of the molecule is CC(C)C1=N[C@@H](c2ccccc2)[C@H](N(C)C)S1. The minimum absolute atomic E-state index is 0.272. The second-order valence-electron chi connectivity index (χ2n) is 4.95. The minimum atomic E-state index is 0.272. The Balaban J connectivity index is 2.29. The van der Waals surface area contributed by atoms with E-state index in [0.717, 1.165) is 0 Å². The average Bonchev–Trinajstić information content (AvgIpc) is 2.75. The van der Waals surface area contributed by atoms with Gasteiger partial charge in [0, 0.05) is 5.92 Å². The molecule has 2 atom stereocenters. The van der Waals surface area contributed by atoms with Crippen LogP contribution in [0.2, 0.25) is 0 Å².